The van der Waals surface area contributed by atoms with Crippen LogP contribution in [0.2, 0.25) is 0 Å². The number of nitrogens with zero attached hydrogens (tertiary/aromatic N) is 3. The average Bonchev–Trinajstić information content (AvgIpc) is 3.11. The maximum Gasteiger partial charge on any atom is 0.318 e. The largest absolute Gasteiger partial charge is 0.406 e. The van der Waals surface area contributed by atoms with Gasteiger partial charge in [0, 0.05) is 25.1 Å². The molecule has 0 saturated carbocycles. The summed E-state index contributed by atoms with van der Waals surface area (Å²) >= 11 is 0. The number of carbonyl (C=O) groups excluding carboxylic acids is 1. The molecule has 4 rings (SSSR count). The van der Waals surface area contributed by atoms with Gasteiger partial charge in [0.05, 0.1) is 0 Å². The summed E-state index contributed by atoms with van der Waals surface area (Å²) in [6.07, 6.45) is 5.32. The fraction of sp³-hybridized carbons (Fsp3) is 0.400. The quantitative estimate of drug-likeness (QED) is 0.624. The van der Waals surface area contributed by atoms with E-state index >= 15 is 0 Å². The van der Waals surface area contributed by atoms with Crippen molar-refractivity contribution in [1.82, 2.24) is 15.5 Å². The highest BCUT2D eigenvalue weighted by molar-refractivity contribution is 5.94. The lowest BCUT2D eigenvalue weighted by Crippen LogP contribution is -2.30. The summed E-state index contributed by atoms with van der Waals surface area (Å²) in [6, 6.07) is 16.0. The molecule has 1 atom stereocenters. The van der Waals surface area contributed by atoms with E-state index in [-0.39, 0.29) is 5.91 Å². The van der Waals surface area contributed by atoms with E-state index in [4.69, 9.17) is 4.42 Å². The Morgan fingerprint density at radius 3 is 2.45 bits per heavy atom. The molecule has 0 bridgehead atoms. The summed E-state index contributed by atoms with van der Waals surface area (Å²) in [4.78, 5) is 15.2. The van der Waals surface area contributed by atoms with Gasteiger partial charge >= 0.3 is 6.01 Å². The summed E-state index contributed by atoms with van der Waals surface area (Å²) in [6.45, 7) is 5.91. The number of benzene rings is 2. The second-order valence-electron chi connectivity index (χ2n) is 8.34. The number of amides is 1. The van der Waals surface area contributed by atoms with E-state index in [9.17, 15) is 4.79 Å². The van der Waals surface area contributed by atoms with Crippen molar-refractivity contribution in [2.45, 2.75) is 52.0 Å². The predicted molar refractivity (Wildman–Crippen MR) is 121 cm³/mol. The van der Waals surface area contributed by atoms with Gasteiger partial charge in [-0.05, 0) is 55.5 Å². The van der Waals surface area contributed by atoms with Gasteiger partial charge < -0.3 is 14.6 Å². The lowest BCUT2D eigenvalue weighted by atomic mass is 10.0. The second kappa shape index (κ2) is 9.77. The van der Waals surface area contributed by atoms with E-state index in [1.165, 1.54) is 12.8 Å². The smallest absolute Gasteiger partial charge is 0.318 e. The molecule has 1 saturated heterocycles. The molecule has 1 aliphatic heterocycles. The zero-order valence-electron chi connectivity index (χ0n) is 18.3. The SMILES string of the molecule is Cc1ccc(C(=O)N[C@H](Cc2ccccc2)c2nnc(N3CCCCCC3)o2)cc1C. The van der Waals surface area contributed by atoms with Crippen molar-refractivity contribution in [2.75, 3.05) is 18.0 Å². The van der Waals surface area contributed by atoms with Crippen LogP contribution in [-0.2, 0) is 6.42 Å². The molecule has 6 heteroatoms. The number of hydrogen-bond acceptors (Lipinski definition) is 5. The molecule has 0 unspecified atom stereocenters. The van der Waals surface area contributed by atoms with Gasteiger partial charge in [0.15, 0.2) is 0 Å². The van der Waals surface area contributed by atoms with Crippen molar-refractivity contribution >= 4 is 11.9 Å². The van der Waals surface area contributed by atoms with Crippen LogP contribution in [0.25, 0.3) is 0 Å². The van der Waals surface area contributed by atoms with Gasteiger partial charge in [0.1, 0.15) is 6.04 Å². The molecule has 6 nitrogen and oxygen atoms in total. The van der Waals surface area contributed by atoms with E-state index in [0.717, 1.165) is 42.6 Å². The zero-order valence-corrected chi connectivity index (χ0v) is 18.3. The number of rotatable bonds is 6. The minimum Gasteiger partial charge on any atom is -0.406 e. The second-order valence-corrected chi connectivity index (χ2v) is 8.34. The summed E-state index contributed by atoms with van der Waals surface area (Å²) in [5.74, 6) is 0.304. The monoisotopic (exact) mass is 418 g/mol. The van der Waals surface area contributed by atoms with Crippen LogP contribution >= 0.6 is 0 Å². The highest BCUT2D eigenvalue weighted by Crippen LogP contribution is 2.24. The van der Waals surface area contributed by atoms with Crippen LogP contribution in [0.15, 0.2) is 52.9 Å². The van der Waals surface area contributed by atoms with Gasteiger partial charge in [-0.25, -0.2) is 0 Å². The topological polar surface area (TPSA) is 71.3 Å². The lowest BCUT2D eigenvalue weighted by Gasteiger charge is -2.18. The van der Waals surface area contributed by atoms with Crippen molar-refractivity contribution in [3.63, 3.8) is 0 Å². The van der Waals surface area contributed by atoms with E-state index in [1.807, 2.05) is 62.4 Å². The lowest BCUT2D eigenvalue weighted by molar-refractivity contribution is 0.0930. The molecule has 0 radical (unpaired) electrons. The van der Waals surface area contributed by atoms with Gasteiger partial charge in [0.2, 0.25) is 5.89 Å². The third kappa shape index (κ3) is 5.32. The van der Waals surface area contributed by atoms with E-state index in [1.54, 1.807) is 0 Å². The number of nitrogens with one attached hydrogen (secondary N) is 1. The summed E-state index contributed by atoms with van der Waals surface area (Å²) in [5, 5.41) is 11.8. The van der Waals surface area contributed by atoms with E-state index < -0.39 is 6.04 Å². The third-order valence-corrected chi connectivity index (χ3v) is 5.96. The molecule has 2 heterocycles. The Morgan fingerprint density at radius 1 is 1.00 bits per heavy atom. The highest BCUT2D eigenvalue weighted by Gasteiger charge is 2.24. The van der Waals surface area contributed by atoms with E-state index in [0.29, 0.717) is 23.9 Å². The molecule has 2 aromatic carbocycles. The first-order valence-electron chi connectivity index (χ1n) is 11.1. The third-order valence-electron chi connectivity index (χ3n) is 5.96. The van der Waals surface area contributed by atoms with Gasteiger partial charge in [0.25, 0.3) is 5.91 Å². The van der Waals surface area contributed by atoms with Crippen LogP contribution in [0, 0.1) is 13.8 Å². The molecule has 31 heavy (non-hydrogen) atoms. The molecule has 1 aliphatic rings. The minimum absolute atomic E-state index is 0.140. The van der Waals surface area contributed by atoms with Crippen molar-refractivity contribution in [2.24, 2.45) is 0 Å². The Bertz CT molecular complexity index is 1010. The van der Waals surface area contributed by atoms with E-state index in [2.05, 4.69) is 20.4 Å². The molecule has 1 amide bonds. The van der Waals surface area contributed by atoms with Gasteiger partial charge in [-0.15, -0.1) is 5.10 Å². The van der Waals surface area contributed by atoms with Gasteiger partial charge in [-0.1, -0.05) is 54.3 Å². The maximum absolute atomic E-state index is 13.0. The summed E-state index contributed by atoms with van der Waals surface area (Å²) in [5.41, 5.74) is 3.99. The average molecular weight is 419 g/mol. The Balaban J connectivity index is 1.57. The molecule has 1 fully saturated rings. The predicted octanol–water partition coefficient (Wildman–Crippen LogP) is 4.78. The molecule has 3 aromatic rings. The molecule has 1 aromatic heterocycles. The molecule has 0 spiro atoms. The molecule has 0 aliphatic carbocycles. The first-order chi connectivity index (χ1) is 15.1. The first-order valence-corrected chi connectivity index (χ1v) is 11.1. The van der Waals surface area contributed by atoms with Crippen LogP contribution in [0.3, 0.4) is 0 Å². The number of anilines is 1. The molecular weight excluding hydrogens is 388 g/mol. The van der Waals surface area contributed by atoms with Crippen LogP contribution < -0.4 is 10.2 Å². The molecule has 1 N–H and O–H groups in total. The van der Waals surface area contributed by atoms with Crippen molar-refractivity contribution in [3.8, 4) is 0 Å². The number of hydrogen-bond donors (Lipinski definition) is 1. The Hall–Kier alpha value is -3.15. The van der Waals surface area contributed by atoms with Crippen LogP contribution in [0.1, 0.15) is 64.7 Å². The highest BCUT2D eigenvalue weighted by atomic mass is 16.4. The molecule has 162 valence electrons. The standard InChI is InChI=1S/C25H30N4O2/c1-18-12-13-21(16-19(18)2)23(30)26-22(17-20-10-6-5-7-11-20)24-27-28-25(31-24)29-14-8-3-4-9-15-29/h5-7,10-13,16,22H,3-4,8-9,14-15,17H2,1-2H3,(H,26,30)/t22-/m1/s1. The summed E-state index contributed by atoms with van der Waals surface area (Å²) < 4.78 is 6.08. The summed E-state index contributed by atoms with van der Waals surface area (Å²) in [7, 11) is 0. The van der Waals surface area contributed by atoms with Gasteiger partial charge in [-0.3, -0.25) is 4.79 Å². The van der Waals surface area contributed by atoms with Crippen LogP contribution in [0.5, 0.6) is 0 Å². The number of aromatic nitrogens is 2. The normalized spacial score (nSPS) is 15.4. The Kier molecular flexibility index (Phi) is 6.65. The fourth-order valence-corrected chi connectivity index (χ4v) is 3.93. The fourth-order valence-electron chi connectivity index (χ4n) is 3.93. The van der Waals surface area contributed by atoms with Crippen molar-refractivity contribution in [1.29, 1.82) is 0 Å². The van der Waals surface area contributed by atoms with Crippen molar-refractivity contribution < 1.29 is 9.21 Å². The maximum atomic E-state index is 13.0. The Morgan fingerprint density at radius 2 is 1.74 bits per heavy atom. The van der Waals surface area contributed by atoms with Crippen molar-refractivity contribution in [3.05, 3.63) is 76.7 Å². The van der Waals surface area contributed by atoms with Gasteiger partial charge in [-0.2, -0.15) is 0 Å². The minimum atomic E-state index is -0.398. The molecular formula is C25H30N4O2. The zero-order chi connectivity index (χ0) is 21.6. The first kappa shape index (κ1) is 21.1. The van der Waals surface area contributed by atoms with Crippen LogP contribution in [-0.4, -0.2) is 29.2 Å². The Labute approximate surface area is 183 Å². The number of aryl methyl sites for hydroxylation is 2. The van der Waals surface area contributed by atoms with Crippen LogP contribution in [0.4, 0.5) is 6.01 Å². The number of carbonyl (C=O) groups is 1.